The normalized spacial score (nSPS) is 14.4. The standard InChI is InChI=1S/C14H22O3/c1-4-11(2)13-7-5-6-8-14(13)17-10-12(15)9-16-3/h5-8,11-12,15H,4,9-10H2,1-3H3. The summed E-state index contributed by atoms with van der Waals surface area (Å²) in [5.41, 5.74) is 1.19. The van der Waals surface area contributed by atoms with Crippen LogP contribution in [0.4, 0.5) is 0 Å². The van der Waals surface area contributed by atoms with Crippen molar-refractivity contribution in [1.82, 2.24) is 0 Å². The maximum absolute atomic E-state index is 9.55. The van der Waals surface area contributed by atoms with E-state index >= 15 is 0 Å². The largest absolute Gasteiger partial charge is 0.491 e. The molecule has 0 aliphatic carbocycles. The van der Waals surface area contributed by atoms with Crippen LogP contribution in [0.2, 0.25) is 0 Å². The summed E-state index contributed by atoms with van der Waals surface area (Å²) in [5, 5.41) is 9.55. The van der Waals surface area contributed by atoms with E-state index in [1.54, 1.807) is 7.11 Å². The summed E-state index contributed by atoms with van der Waals surface area (Å²) in [5.74, 6) is 1.32. The van der Waals surface area contributed by atoms with Gasteiger partial charge in [0, 0.05) is 7.11 Å². The molecule has 1 rings (SSSR count). The van der Waals surface area contributed by atoms with Crippen molar-refractivity contribution in [2.24, 2.45) is 0 Å². The number of hydrogen-bond acceptors (Lipinski definition) is 3. The van der Waals surface area contributed by atoms with E-state index in [-0.39, 0.29) is 6.61 Å². The lowest BCUT2D eigenvalue weighted by atomic mass is 9.98. The van der Waals surface area contributed by atoms with E-state index in [0.717, 1.165) is 12.2 Å². The Balaban J connectivity index is 2.63. The monoisotopic (exact) mass is 238 g/mol. The molecule has 3 nitrogen and oxygen atoms in total. The molecule has 17 heavy (non-hydrogen) atoms. The van der Waals surface area contributed by atoms with Gasteiger partial charge in [0.25, 0.3) is 0 Å². The molecule has 0 saturated carbocycles. The van der Waals surface area contributed by atoms with Crippen molar-refractivity contribution >= 4 is 0 Å². The molecule has 0 saturated heterocycles. The summed E-state index contributed by atoms with van der Waals surface area (Å²) in [4.78, 5) is 0. The third-order valence-electron chi connectivity index (χ3n) is 2.85. The Morgan fingerprint density at radius 1 is 1.24 bits per heavy atom. The molecule has 0 aliphatic rings. The zero-order valence-electron chi connectivity index (χ0n) is 10.8. The van der Waals surface area contributed by atoms with Crippen LogP contribution in [0.1, 0.15) is 31.7 Å². The summed E-state index contributed by atoms with van der Waals surface area (Å²) in [6, 6.07) is 7.98. The van der Waals surface area contributed by atoms with E-state index in [4.69, 9.17) is 9.47 Å². The topological polar surface area (TPSA) is 38.7 Å². The van der Waals surface area contributed by atoms with Gasteiger partial charge in [-0.25, -0.2) is 0 Å². The van der Waals surface area contributed by atoms with Crippen molar-refractivity contribution in [2.45, 2.75) is 32.3 Å². The second-order valence-corrected chi connectivity index (χ2v) is 4.27. The number of benzene rings is 1. The first-order chi connectivity index (χ1) is 8.19. The highest BCUT2D eigenvalue weighted by Gasteiger charge is 2.11. The number of aliphatic hydroxyl groups excluding tert-OH is 1. The molecule has 96 valence electrons. The highest BCUT2D eigenvalue weighted by atomic mass is 16.5. The Hall–Kier alpha value is -1.06. The summed E-state index contributed by atoms with van der Waals surface area (Å²) in [7, 11) is 1.57. The minimum atomic E-state index is -0.579. The Morgan fingerprint density at radius 2 is 1.94 bits per heavy atom. The summed E-state index contributed by atoms with van der Waals surface area (Å²) in [6.07, 6.45) is 0.492. The summed E-state index contributed by atoms with van der Waals surface area (Å²) >= 11 is 0. The number of aliphatic hydroxyl groups is 1. The van der Waals surface area contributed by atoms with E-state index < -0.39 is 6.10 Å². The van der Waals surface area contributed by atoms with Gasteiger partial charge in [0.15, 0.2) is 0 Å². The van der Waals surface area contributed by atoms with Crippen LogP contribution in [0.25, 0.3) is 0 Å². The van der Waals surface area contributed by atoms with Crippen LogP contribution in [0, 0.1) is 0 Å². The smallest absolute Gasteiger partial charge is 0.122 e. The van der Waals surface area contributed by atoms with Gasteiger partial charge in [0.05, 0.1) is 6.61 Å². The van der Waals surface area contributed by atoms with Crippen LogP contribution >= 0.6 is 0 Å². The molecular weight excluding hydrogens is 216 g/mol. The zero-order chi connectivity index (χ0) is 12.7. The predicted octanol–water partition coefficient (Wildman–Crippen LogP) is 2.59. The van der Waals surface area contributed by atoms with Gasteiger partial charge < -0.3 is 14.6 Å². The van der Waals surface area contributed by atoms with Crippen LogP contribution in [0.15, 0.2) is 24.3 Å². The van der Waals surface area contributed by atoms with Crippen molar-refractivity contribution < 1.29 is 14.6 Å². The lowest BCUT2D eigenvalue weighted by molar-refractivity contribution is 0.0322. The average molecular weight is 238 g/mol. The Bertz CT molecular complexity index is 325. The van der Waals surface area contributed by atoms with E-state index in [2.05, 4.69) is 19.9 Å². The molecule has 1 aromatic carbocycles. The molecule has 0 fully saturated rings. The van der Waals surface area contributed by atoms with Crippen molar-refractivity contribution in [3.8, 4) is 5.75 Å². The fourth-order valence-corrected chi connectivity index (χ4v) is 1.67. The van der Waals surface area contributed by atoms with Crippen LogP contribution in [-0.2, 0) is 4.74 Å². The SMILES string of the molecule is CCC(C)c1ccccc1OCC(O)COC. The number of ether oxygens (including phenoxy) is 2. The van der Waals surface area contributed by atoms with Crippen molar-refractivity contribution in [1.29, 1.82) is 0 Å². The highest BCUT2D eigenvalue weighted by Crippen LogP contribution is 2.28. The van der Waals surface area contributed by atoms with Gasteiger partial charge in [-0.05, 0) is 24.0 Å². The molecule has 2 atom stereocenters. The molecule has 0 heterocycles. The number of methoxy groups -OCH3 is 1. The van der Waals surface area contributed by atoms with E-state index in [0.29, 0.717) is 12.5 Å². The van der Waals surface area contributed by atoms with Crippen molar-refractivity contribution in [2.75, 3.05) is 20.3 Å². The third kappa shape index (κ3) is 4.36. The number of para-hydroxylation sites is 1. The van der Waals surface area contributed by atoms with Crippen molar-refractivity contribution in [3.05, 3.63) is 29.8 Å². The Labute approximate surface area is 103 Å². The first-order valence-corrected chi connectivity index (χ1v) is 6.07. The molecule has 0 bridgehead atoms. The maximum Gasteiger partial charge on any atom is 0.122 e. The first-order valence-electron chi connectivity index (χ1n) is 6.07. The Morgan fingerprint density at radius 3 is 2.59 bits per heavy atom. The van der Waals surface area contributed by atoms with Crippen LogP contribution < -0.4 is 4.74 Å². The first kappa shape index (κ1) is 14.0. The fourth-order valence-electron chi connectivity index (χ4n) is 1.67. The van der Waals surface area contributed by atoms with Crippen LogP contribution in [0.3, 0.4) is 0 Å². The third-order valence-corrected chi connectivity index (χ3v) is 2.85. The van der Waals surface area contributed by atoms with Gasteiger partial charge in [0.2, 0.25) is 0 Å². The zero-order valence-corrected chi connectivity index (χ0v) is 10.8. The summed E-state index contributed by atoms with van der Waals surface area (Å²) in [6.45, 7) is 4.89. The quantitative estimate of drug-likeness (QED) is 0.793. The highest BCUT2D eigenvalue weighted by molar-refractivity contribution is 5.35. The molecule has 1 aromatic rings. The van der Waals surface area contributed by atoms with E-state index in [1.165, 1.54) is 5.56 Å². The predicted molar refractivity (Wildman–Crippen MR) is 68.5 cm³/mol. The molecule has 0 spiro atoms. The molecule has 0 aromatic heterocycles. The van der Waals surface area contributed by atoms with Gasteiger partial charge in [0.1, 0.15) is 18.5 Å². The van der Waals surface area contributed by atoms with E-state index in [9.17, 15) is 5.11 Å². The van der Waals surface area contributed by atoms with Crippen LogP contribution in [0.5, 0.6) is 5.75 Å². The van der Waals surface area contributed by atoms with Crippen LogP contribution in [-0.4, -0.2) is 31.5 Å². The van der Waals surface area contributed by atoms with Gasteiger partial charge in [-0.15, -0.1) is 0 Å². The molecule has 2 unspecified atom stereocenters. The molecule has 3 heteroatoms. The average Bonchev–Trinajstić information content (AvgIpc) is 2.36. The van der Waals surface area contributed by atoms with Gasteiger partial charge >= 0.3 is 0 Å². The lowest BCUT2D eigenvalue weighted by Gasteiger charge is -2.17. The molecule has 0 amide bonds. The minimum Gasteiger partial charge on any atom is -0.491 e. The van der Waals surface area contributed by atoms with Gasteiger partial charge in [-0.3, -0.25) is 0 Å². The fraction of sp³-hybridized carbons (Fsp3) is 0.571. The lowest BCUT2D eigenvalue weighted by Crippen LogP contribution is -2.23. The number of rotatable bonds is 7. The Kier molecular flexibility index (Phi) is 6.01. The molecule has 0 aliphatic heterocycles. The van der Waals surface area contributed by atoms with E-state index in [1.807, 2.05) is 18.2 Å². The second kappa shape index (κ2) is 7.30. The molecule has 1 N–H and O–H groups in total. The summed E-state index contributed by atoms with van der Waals surface area (Å²) < 4.78 is 10.5. The molecule has 0 radical (unpaired) electrons. The van der Waals surface area contributed by atoms with Gasteiger partial charge in [-0.1, -0.05) is 32.0 Å². The minimum absolute atomic E-state index is 0.265. The van der Waals surface area contributed by atoms with Gasteiger partial charge in [-0.2, -0.15) is 0 Å². The van der Waals surface area contributed by atoms with Crippen molar-refractivity contribution in [3.63, 3.8) is 0 Å². The number of hydrogen-bond donors (Lipinski definition) is 1. The maximum atomic E-state index is 9.55. The molecular formula is C14H22O3. The second-order valence-electron chi connectivity index (χ2n) is 4.27.